The maximum absolute atomic E-state index is 12.3. The summed E-state index contributed by atoms with van der Waals surface area (Å²) in [7, 11) is 0. The van der Waals surface area contributed by atoms with Gasteiger partial charge in [-0.25, -0.2) is 19.4 Å². The standard InChI is InChI=1S/C18H27N7O2.ClH/c26-18(22-14-4-2-1-3-5-14)23-16-15-12-21-25(17(15)20-13-19-16)7-6-24-8-10-27-11-9-24;/h12-14H,1-11H2,(H2,19,20,22,23,26);1H. The molecule has 2 fully saturated rings. The SMILES string of the molecule is Cl.O=C(Nc1ncnc2c1cnn2CCN1CCOCC1)NC1CCCCC1. The van der Waals surface area contributed by atoms with Crippen molar-refractivity contribution in [3.8, 4) is 0 Å². The van der Waals surface area contributed by atoms with Crippen molar-refractivity contribution in [2.75, 3.05) is 38.2 Å². The first-order valence-electron chi connectivity index (χ1n) is 9.84. The number of hydrogen-bond acceptors (Lipinski definition) is 6. The predicted molar refractivity (Wildman–Crippen MR) is 109 cm³/mol. The minimum atomic E-state index is -0.206. The van der Waals surface area contributed by atoms with E-state index in [2.05, 4.69) is 30.6 Å². The molecule has 2 N–H and O–H groups in total. The van der Waals surface area contributed by atoms with E-state index in [1.54, 1.807) is 6.20 Å². The fourth-order valence-electron chi connectivity index (χ4n) is 3.79. The molecule has 0 aromatic carbocycles. The molecule has 3 heterocycles. The van der Waals surface area contributed by atoms with Crippen LogP contribution in [0.15, 0.2) is 12.5 Å². The Balaban J connectivity index is 0.00000225. The van der Waals surface area contributed by atoms with Crippen molar-refractivity contribution in [2.45, 2.75) is 44.7 Å². The van der Waals surface area contributed by atoms with Crippen LogP contribution in [-0.4, -0.2) is 69.6 Å². The lowest BCUT2D eigenvalue weighted by Crippen LogP contribution is -2.39. The molecule has 28 heavy (non-hydrogen) atoms. The van der Waals surface area contributed by atoms with Crippen molar-refractivity contribution >= 4 is 35.3 Å². The molecule has 1 aliphatic carbocycles. The third-order valence-electron chi connectivity index (χ3n) is 5.34. The third-order valence-corrected chi connectivity index (χ3v) is 5.34. The van der Waals surface area contributed by atoms with Gasteiger partial charge in [0.2, 0.25) is 0 Å². The van der Waals surface area contributed by atoms with Crippen LogP contribution in [0, 0.1) is 0 Å². The molecule has 0 atom stereocenters. The summed E-state index contributed by atoms with van der Waals surface area (Å²) in [4.78, 5) is 23.3. The van der Waals surface area contributed by atoms with Gasteiger partial charge in [-0.2, -0.15) is 5.10 Å². The molecule has 0 spiro atoms. The molecule has 154 valence electrons. The quantitative estimate of drug-likeness (QED) is 0.784. The van der Waals surface area contributed by atoms with Crippen molar-refractivity contribution in [3.05, 3.63) is 12.5 Å². The summed E-state index contributed by atoms with van der Waals surface area (Å²) in [5, 5.41) is 11.1. The molecule has 1 saturated carbocycles. The Bertz CT molecular complexity index is 772. The van der Waals surface area contributed by atoms with Gasteiger partial charge in [-0.3, -0.25) is 10.2 Å². The van der Waals surface area contributed by atoms with Crippen molar-refractivity contribution in [2.24, 2.45) is 0 Å². The molecule has 0 unspecified atom stereocenters. The number of amides is 2. The number of fused-ring (bicyclic) bond motifs is 1. The van der Waals surface area contributed by atoms with Crippen LogP contribution < -0.4 is 10.6 Å². The number of morpholine rings is 1. The topological polar surface area (TPSA) is 97.2 Å². The van der Waals surface area contributed by atoms with E-state index in [1.165, 1.54) is 25.6 Å². The number of anilines is 1. The number of rotatable bonds is 5. The summed E-state index contributed by atoms with van der Waals surface area (Å²) in [6.45, 7) is 5.10. The second-order valence-electron chi connectivity index (χ2n) is 7.21. The largest absolute Gasteiger partial charge is 0.379 e. The van der Waals surface area contributed by atoms with Gasteiger partial charge < -0.3 is 10.1 Å². The van der Waals surface area contributed by atoms with Gasteiger partial charge >= 0.3 is 6.03 Å². The molecule has 1 saturated heterocycles. The first-order chi connectivity index (χ1) is 13.3. The molecule has 0 bridgehead atoms. The molecule has 2 amide bonds. The van der Waals surface area contributed by atoms with E-state index >= 15 is 0 Å². The maximum Gasteiger partial charge on any atom is 0.320 e. The van der Waals surface area contributed by atoms with Gasteiger partial charge in [-0.1, -0.05) is 19.3 Å². The van der Waals surface area contributed by atoms with E-state index in [4.69, 9.17) is 4.74 Å². The van der Waals surface area contributed by atoms with Crippen molar-refractivity contribution in [1.82, 2.24) is 30.0 Å². The number of nitrogens with zero attached hydrogens (tertiary/aromatic N) is 5. The van der Waals surface area contributed by atoms with Crippen LogP contribution in [0.2, 0.25) is 0 Å². The monoisotopic (exact) mass is 409 g/mol. The summed E-state index contributed by atoms with van der Waals surface area (Å²) >= 11 is 0. The minimum absolute atomic E-state index is 0. The average Bonchev–Trinajstić information content (AvgIpc) is 3.12. The molecular weight excluding hydrogens is 382 g/mol. The summed E-state index contributed by atoms with van der Waals surface area (Å²) in [5.74, 6) is 0.505. The van der Waals surface area contributed by atoms with E-state index < -0.39 is 0 Å². The third kappa shape index (κ3) is 5.09. The summed E-state index contributed by atoms with van der Waals surface area (Å²) in [6.07, 6.45) is 8.92. The fourth-order valence-corrected chi connectivity index (χ4v) is 3.79. The average molecular weight is 410 g/mol. The van der Waals surface area contributed by atoms with Crippen molar-refractivity contribution in [1.29, 1.82) is 0 Å². The molecule has 0 radical (unpaired) electrons. The van der Waals surface area contributed by atoms with Gasteiger partial charge in [0.15, 0.2) is 5.65 Å². The zero-order valence-corrected chi connectivity index (χ0v) is 16.8. The zero-order valence-electron chi connectivity index (χ0n) is 16.0. The number of hydrogen-bond donors (Lipinski definition) is 2. The Morgan fingerprint density at radius 1 is 1.14 bits per heavy atom. The highest BCUT2D eigenvalue weighted by Gasteiger charge is 2.18. The number of halogens is 1. The molecule has 4 rings (SSSR count). The second-order valence-corrected chi connectivity index (χ2v) is 7.21. The van der Waals surface area contributed by atoms with E-state index in [9.17, 15) is 4.79 Å². The first kappa shape index (κ1) is 20.8. The number of aromatic nitrogens is 4. The van der Waals surface area contributed by atoms with Gasteiger partial charge in [0.05, 0.1) is 31.3 Å². The van der Waals surface area contributed by atoms with Crippen LogP contribution in [0.3, 0.4) is 0 Å². The highest BCUT2D eigenvalue weighted by Crippen LogP contribution is 2.20. The van der Waals surface area contributed by atoms with Crippen molar-refractivity contribution in [3.63, 3.8) is 0 Å². The van der Waals surface area contributed by atoms with Gasteiger partial charge in [-0.05, 0) is 12.8 Å². The Labute approximate surface area is 170 Å². The molecule has 1 aliphatic heterocycles. The number of carbonyl (C=O) groups is 1. The van der Waals surface area contributed by atoms with Gasteiger partial charge in [-0.15, -0.1) is 12.4 Å². The lowest BCUT2D eigenvalue weighted by atomic mass is 9.96. The van der Waals surface area contributed by atoms with Crippen LogP contribution in [-0.2, 0) is 11.3 Å². The normalized spacial score (nSPS) is 18.6. The molecule has 2 aliphatic rings. The lowest BCUT2D eigenvalue weighted by molar-refractivity contribution is 0.0361. The van der Waals surface area contributed by atoms with Gasteiger partial charge in [0.25, 0.3) is 0 Å². The van der Waals surface area contributed by atoms with E-state index in [0.717, 1.165) is 63.3 Å². The molecule has 2 aromatic rings. The summed E-state index contributed by atoms with van der Waals surface area (Å²) in [5.41, 5.74) is 0.742. The van der Waals surface area contributed by atoms with Crippen LogP contribution >= 0.6 is 12.4 Å². The number of carbonyl (C=O) groups excluding carboxylic acids is 1. The Morgan fingerprint density at radius 3 is 2.71 bits per heavy atom. The number of urea groups is 1. The highest BCUT2D eigenvalue weighted by atomic mass is 35.5. The highest BCUT2D eigenvalue weighted by molar-refractivity contribution is 5.97. The molecular formula is C18H28ClN7O2. The summed E-state index contributed by atoms with van der Waals surface area (Å²) in [6, 6.07) is 0.0512. The number of ether oxygens (including phenoxy) is 1. The van der Waals surface area contributed by atoms with E-state index in [-0.39, 0.29) is 24.5 Å². The second kappa shape index (κ2) is 9.99. The first-order valence-corrected chi connectivity index (χ1v) is 9.84. The van der Waals surface area contributed by atoms with Crippen LogP contribution in [0.5, 0.6) is 0 Å². The Kier molecular flexibility index (Phi) is 7.41. The fraction of sp³-hybridized carbons (Fsp3) is 0.667. The lowest BCUT2D eigenvalue weighted by Gasteiger charge is -2.26. The van der Waals surface area contributed by atoms with Crippen LogP contribution in [0.4, 0.5) is 10.6 Å². The Morgan fingerprint density at radius 2 is 1.93 bits per heavy atom. The molecule has 10 heteroatoms. The molecule has 2 aromatic heterocycles. The molecule has 9 nitrogen and oxygen atoms in total. The van der Waals surface area contributed by atoms with E-state index in [0.29, 0.717) is 5.82 Å². The van der Waals surface area contributed by atoms with Gasteiger partial charge in [0.1, 0.15) is 12.1 Å². The smallest absolute Gasteiger partial charge is 0.320 e. The predicted octanol–water partition coefficient (Wildman–Crippen LogP) is 2.03. The van der Waals surface area contributed by atoms with Crippen LogP contribution in [0.1, 0.15) is 32.1 Å². The maximum atomic E-state index is 12.3. The number of nitrogens with one attached hydrogen (secondary N) is 2. The minimum Gasteiger partial charge on any atom is -0.379 e. The van der Waals surface area contributed by atoms with Crippen molar-refractivity contribution < 1.29 is 9.53 Å². The zero-order chi connectivity index (χ0) is 18.5. The van der Waals surface area contributed by atoms with Crippen LogP contribution in [0.25, 0.3) is 11.0 Å². The van der Waals surface area contributed by atoms with E-state index in [1.807, 2.05) is 4.68 Å². The summed E-state index contributed by atoms with van der Waals surface area (Å²) < 4.78 is 7.25. The Hall–Kier alpha value is -1.97. The van der Waals surface area contributed by atoms with Gasteiger partial charge in [0, 0.05) is 25.7 Å².